The van der Waals surface area contributed by atoms with Crippen LogP contribution in [0.1, 0.15) is 37.8 Å². The van der Waals surface area contributed by atoms with E-state index in [9.17, 15) is 0 Å². The molecule has 0 aliphatic carbocycles. The van der Waals surface area contributed by atoms with Crippen molar-refractivity contribution in [3.8, 4) is 6.07 Å². The summed E-state index contributed by atoms with van der Waals surface area (Å²) in [6, 6.07) is 10.2. The molecule has 0 unspecified atom stereocenters. The molecule has 0 aliphatic heterocycles. The van der Waals surface area contributed by atoms with E-state index in [2.05, 4.69) is 26.0 Å². The van der Waals surface area contributed by atoms with Gasteiger partial charge in [-0.2, -0.15) is 5.26 Å². The van der Waals surface area contributed by atoms with Crippen LogP contribution >= 0.6 is 0 Å². The molecule has 0 fully saturated rings. The predicted octanol–water partition coefficient (Wildman–Crippen LogP) is 3.24. The standard InChI is InChI=1S/C14H18N2/c1-3-7-12(10-15)14(16)13-9-6-5-8-11(13)4-2/h5-6,8-9H,3-4,7,16H2,1-2H3/b14-12-. The van der Waals surface area contributed by atoms with Crippen LogP contribution in [0.4, 0.5) is 0 Å². The quantitative estimate of drug-likeness (QED) is 0.782. The molecule has 0 saturated carbocycles. The third-order valence-electron chi connectivity index (χ3n) is 2.65. The van der Waals surface area contributed by atoms with Crippen LogP contribution in [0.15, 0.2) is 29.8 Å². The zero-order chi connectivity index (χ0) is 12.0. The molecule has 2 heteroatoms. The number of hydrogen-bond donors (Lipinski definition) is 1. The second kappa shape index (κ2) is 5.97. The lowest BCUT2D eigenvalue weighted by Gasteiger charge is -2.09. The van der Waals surface area contributed by atoms with Crippen molar-refractivity contribution in [1.82, 2.24) is 0 Å². The minimum atomic E-state index is 0.641. The van der Waals surface area contributed by atoms with Crippen molar-refractivity contribution >= 4 is 5.70 Å². The molecule has 84 valence electrons. The highest BCUT2D eigenvalue weighted by atomic mass is 14.6. The summed E-state index contributed by atoms with van der Waals surface area (Å²) >= 11 is 0. The van der Waals surface area contributed by atoms with E-state index in [1.807, 2.05) is 18.2 Å². The molecule has 1 aromatic carbocycles. The van der Waals surface area contributed by atoms with Gasteiger partial charge in [0, 0.05) is 5.56 Å². The number of allylic oxidation sites excluding steroid dienone is 1. The Morgan fingerprint density at radius 2 is 2.00 bits per heavy atom. The first kappa shape index (κ1) is 12.3. The summed E-state index contributed by atoms with van der Waals surface area (Å²) in [5, 5.41) is 9.06. The molecule has 1 aromatic rings. The van der Waals surface area contributed by atoms with Gasteiger partial charge in [-0.1, -0.05) is 44.5 Å². The van der Waals surface area contributed by atoms with E-state index in [0.29, 0.717) is 11.3 Å². The Bertz CT molecular complexity index is 425. The summed E-state index contributed by atoms with van der Waals surface area (Å²) < 4.78 is 0. The minimum absolute atomic E-state index is 0.641. The largest absolute Gasteiger partial charge is 0.397 e. The fourth-order valence-electron chi connectivity index (χ4n) is 1.75. The maximum Gasteiger partial charge on any atom is 0.0968 e. The third-order valence-corrected chi connectivity index (χ3v) is 2.65. The SMILES string of the molecule is CCC/C(C#N)=C(/N)c1ccccc1CC. The topological polar surface area (TPSA) is 49.8 Å². The van der Waals surface area contributed by atoms with Gasteiger partial charge < -0.3 is 5.73 Å². The summed E-state index contributed by atoms with van der Waals surface area (Å²) in [6.45, 7) is 4.15. The normalized spacial score (nSPS) is 11.8. The number of benzene rings is 1. The predicted molar refractivity (Wildman–Crippen MR) is 67.4 cm³/mol. The van der Waals surface area contributed by atoms with Crippen LogP contribution < -0.4 is 5.73 Å². The lowest BCUT2D eigenvalue weighted by Crippen LogP contribution is -2.04. The molecule has 0 bridgehead atoms. The summed E-state index contributed by atoms with van der Waals surface area (Å²) in [5.41, 5.74) is 9.61. The van der Waals surface area contributed by atoms with Crippen LogP contribution in [-0.4, -0.2) is 0 Å². The van der Waals surface area contributed by atoms with Gasteiger partial charge in [-0.15, -0.1) is 0 Å². The molecule has 0 aromatic heterocycles. The number of aryl methyl sites for hydroxylation is 1. The molecule has 16 heavy (non-hydrogen) atoms. The molecule has 0 spiro atoms. The first-order valence-electron chi connectivity index (χ1n) is 5.71. The smallest absolute Gasteiger partial charge is 0.0968 e. The molecule has 0 aliphatic rings. The van der Waals surface area contributed by atoms with Crippen LogP contribution in [0.3, 0.4) is 0 Å². The van der Waals surface area contributed by atoms with Crippen LogP contribution in [0.2, 0.25) is 0 Å². The Kier molecular flexibility index (Phi) is 4.60. The first-order valence-corrected chi connectivity index (χ1v) is 5.71. The second-order valence-electron chi connectivity index (χ2n) is 3.76. The van der Waals surface area contributed by atoms with Crippen molar-refractivity contribution in [2.24, 2.45) is 5.73 Å². The van der Waals surface area contributed by atoms with Crippen LogP contribution in [0.5, 0.6) is 0 Å². The number of rotatable bonds is 4. The summed E-state index contributed by atoms with van der Waals surface area (Å²) in [4.78, 5) is 0. The van der Waals surface area contributed by atoms with Crippen LogP contribution in [0.25, 0.3) is 5.70 Å². The summed E-state index contributed by atoms with van der Waals surface area (Å²) in [5.74, 6) is 0. The Labute approximate surface area is 97.4 Å². The van der Waals surface area contributed by atoms with Crippen molar-refractivity contribution in [2.75, 3.05) is 0 Å². The average molecular weight is 214 g/mol. The van der Waals surface area contributed by atoms with Crippen LogP contribution in [-0.2, 0) is 6.42 Å². The molecular weight excluding hydrogens is 196 g/mol. The fourth-order valence-corrected chi connectivity index (χ4v) is 1.75. The zero-order valence-electron chi connectivity index (χ0n) is 9.96. The summed E-state index contributed by atoms with van der Waals surface area (Å²) in [6.07, 6.45) is 2.62. The molecule has 2 N–H and O–H groups in total. The number of nitriles is 1. The van der Waals surface area contributed by atoms with Gasteiger partial charge in [0.25, 0.3) is 0 Å². The molecule has 2 nitrogen and oxygen atoms in total. The van der Waals surface area contributed by atoms with Crippen molar-refractivity contribution in [3.63, 3.8) is 0 Å². The van der Waals surface area contributed by atoms with Crippen molar-refractivity contribution < 1.29 is 0 Å². The van der Waals surface area contributed by atoms with Gasteiger partial charge in [-0.25, -0.2) is 0 Å². The third kappa shape index (κ3) is 2.64. The van der Waals surface area contributed by atoms with Gasteiger partial charge in [0.15, 0.2) is 0 Å². The van der Waals surface area contributed by atoms with Crippen molar-refractivity contribution in [1.29, 1.82) is 5.26 Å². The highest BCUT2D eigenvalue weighted by Crippen LogP contribution is 2.20. The van der Waals surface area contributed by atoms with E-state index < -0.39 is 0 Å². The highest BCUT2D eigenvalue weighted by molar-refractivity contribution is 5.71. The van der Waals surface area contributed by atoms with Crippen LogP contribution in [0, 0.1) is 11.3 Å². The molecule has 0 amide bonds. The van der Waals surface area contributed by atoms with Gasteiger partial charge in [0.1, 0.15) is 0 Å². The molecule has 0 saturated heterocycles. The second-order valence-corrected chi connectivity index (χ2v) is 3.76. The van der Waals surface area contributed by atoms with E-state index in [-0.39, 0.29) is 0 Å². The molecular formula is C14H18N2. The van der Waals surface area contributed by atoms with E-state index in [1.54, 1.807) is 0 Å². The van der Waals surface area contributed by atoms with E-state index in [4.69, 9.17) is 11.0 Å². The summed E-state index contributed by atoms with van der Waals surface area (Å²) in [7, 11) is 0. The van der Waals surface area contributed by atoms with E-state index in [1.165, 1.54) is 5.56 Å². The van der Waals surface area contributed by atoms with Crippen molar-refractivity contribution in [3.05, 3.63) is 41.0 Å². The lowest BCUT2D eigenvalue weighted by atomic mass is 9.98. The maximum absolute atomic E-state index is 9.06. The van der Waals surface area contributed by atoms with Gasteiger partial charge in [0.2, 0.25) is 0 Å². The van der Waals surface area contributed by atoms with Gasteiger partial charge in [-0.05, 0) is 18.4 Å². The van der Waals surface area contributed by atoms with Gasteiger partial charge in [0.05, 0.1) is 17.3 Å². The van der Waals surface area contributed by atoms with E-state index >= 15 is 0 Å². The highest BCUT2D eigenvalue weighted by Gasteiger charge is 2.07. The first-order chi connectivity index (χ1) is 7.74. The maximum atomic E-state index is 9.06. The monoisotopic (exact) mass is 214 g/mol. The van der Waals surface area contributed by atoms with Crippen molar-refractivity contribution in [2.45, 2.75) is 33.1 Å². The number of hydrogen-bond acceptors (Lipinski definition) is 2. The Hall–Kier alpha value is -1.75. The molecule has 0 radical (unpaired) electrons. The van der Waals surface area contributed by atoms with Gasteiger partial charge >= 0.3 is 0 Å². The zero-order valence-corrected chi connectivity index (χ0v) is 9.96. The molecule has 0 heterocycles. The average Bonchev–Trinajstić information content (AvgIpc) is 2.35. The molecule has 1 rings (SSSR count). The Balaban J connectivity index is 3.21. The van der Waals surface area contributed by atoms with Gasteiger partial charge in [-0.3, -0.25) is 0 Å². The minimum Gasteiger partial charge on any atom is -0.397 e. The number of nitrogens with two attached hydrogens (primary N) is 1. The fraction of sp³-hybridized carbons (Fsp3) is 0.357. The number of nitrogens with zero attached hydrogens (tertiary/aromatic N) is 1. The lowest BCUT2D eigenvalue weighted by molar-refractivity contribution is 0.928. The van der Waals surface area contributed by atoms with E-state index in [0.717, 1.165) is 24.8 Å². The Morgan fingerprint density at radius 1 is 1.31 bits per heavy atom. The Morgan fingerprint density at radius 3 is 2.56 bits per heavy atom. The molecule has 0 atom stereocenters.